The Hall–Kier alpha value is -2.67. The number of nitrogens with zero attached hydrogens (tertiary/aromatic N) is 2. The van der Waals surface area contributed by atoms with E-state index in [0.29, 0.717) is 6.42 Å². The molecule has 20 heavy (non-hydrogen) atoms. The maximum atomic E-state index is 12.1. The number of nitrogens with one attached hydrogen (secondary N) is 1. The van der Waals surface area contributed by atoms with Crippen LogP contribution < -0.4 is 5.32 Å². The van der Waals surface area contributed by atoms with Gasteiger partial charge in [0.1, 0.15) is 5.92 Å². The minimum atomic E-state index is -0.723. The molecule has 100 valence electrons. The van der Waals surface area contributed by atoms with Gasteiger partial charge < -0.3 is 5.32 Å². The molecule has 0 saturated heterocycles. The fourth-order valence-electron chi connectivity index (χ4n) is 1.88. The summed E-state index contributed by atoms with van der Waals surface area (Å²) < 4.78 is 0. The Morgan fingerprint density at radius 3 is 2.80 bits per heavy atom. The van der Waals surface area contributed by atoms with Crippen molar-refractivity contribution in [3.8, 4) is 6.07 Å². The summed E-state index contributed by atoms with van der Waals surface area (Å²) in [5.41, 5.74) is 2.59. The highest BCUT2D eigenvalue weighted by Crippen LogP contribution is 2.15. The lowest BCUT2D eigenvalue weighted by Crippen LogP contribution is -2.23. The van der Waals surface area contributed by atoms with Crippen molar-refractivity contribution >= 4 is 11.6 Å². The highest BCUT2D eigenvalue weighted by atomic mass is 16.1. The molecule has 1 amide bonds. The molecule has 0 aliphatic heterocycles. The topological polar surface area (TPSA) is 65.8 Å². The highest BCUT2D eigenvalue weighted by molar-refractivity contribution is 5.94. The molecule has 2 rings (SSSR count). The second-order valence-corrected chi connectivity index (χ2v) is 4.55. The van der Waals surface area contributed by atoms with Gasteiger partial charge in [0.05, 0.1) is 6.07 Å². The van der Waals surface area contributed by atoms with Crippen molar-refractivity contribution in [3.63, 3.8) is 0 Å². The van der Waals surface area contributed by atoms with Crippen LogP contribution in [0.3, 0.4) is 0 Å². The van der Waals surface area contributed by atoms with E-state index < -0.39 is 5.92 Å². The number of pyridine rings is 1. The van der Waals surface area contributed by atoms with Gasteiger partial charge in [0, 0.05) is 18.1 Å². The van der Waals surface area contributed by atoms with E-state index in [4.69, 9.17) is 0 Å². The van der Waals surface area contributed by atoms with Crippen LogP contribution in [0.15, 0.2) is 48.8 Å². The van der Waals surface area contributed by atoms with Gasteiger partial charge in [0.2, 0.25) is 5.91 Å². The van der Waals surface area contributed by atoms with Crippen LogP contribution in [0.5, 0.6) is 0 Å². The number of hydrogen-bond donors (Lipinski definition) is 1. The van der Waals surface area contributed by atoms with Gasteiger partial charge in [-0.15, -0.1) is 0 Å². The molecule has 0 bridgehead atoms. The normalized spacial score (nSPS) is 11.4. The number of hydrogen-bond acceptors (Lipinski definition) is 3. The van der Waals surface area contributed by atoms with E-state index in [1.54, 1.807) is 18.5 Å². The summed E-state index contributed by atoms with van der Waals surface area (Å²) >= 11 is 0. The molecule has 0 fully saturated rings. The summed E-state index contributed by atoms with van der Waals surface area (Å²) in [5.74, 6) is -1.01. The molecular weight excluding hydrogens is 250 g/mol. The van der Waals surface area contributed by atoms with Gasteiger partial charge in [-0.05, 0) is 36.6 Å². The van der Waals surface area contributed by atoms with E-state index >= 15 is 0 Å². The molecule has 1 aromatic carbocycles. The monoisotopic (exact) mass is 265 g/mol. The third-order valence-electron chi connectivity index (χ3n) is 3.04. The van der Waals surface area contributed by atoms with Crippen molar-refractivity contribution in [2.45, 2.75) is 13.3 Å². The van der Waals surface area contributed by atoms with E-state index in [2.05, 4.69) is 16.4 Å². The van der Waals surface area contributed by atoms with Gasteiger partial charge in [0.15, 0.2) is 0 Å². The molecule has 2 aromatic rings. The summed E-state index contributed by atoms with van der Waals surface area (Å²) in [6, 6.07) is 13.2. The largest absolute Gasteiger partial charge is 0.325 e. The molecule has 1 N–H and O–H groups in total. The number of amides is 1. The molecule has 0 spiro atoms. The third-order valence-corrected chi connectivity index (χ3v) is 3.04. The molecule has 0 aliphatic carbocycles. The zero-order valence-corrected chi connectivity index (χ0v) is 11.2. The highest BCUT2D eigenvalue weighted by Gasteiger charge is 2.19. The molecule has 1 atom stereocenters. The molecule has 0 saturated carbocycles. The molecule has 4 nitrogen and oxygen atoms in total. The fourth-order valence-corrected chi connectivity index (χ4v) is 1.88. The summed E-state index contributed by atoms with van der Waals surface area (Å²) in [6.45, 7) is 1.91. The van der Waals surface area contributed by atoms with E-state index in [1.807, 2.05) is 37.3 Å². The predicted octanol–water partition coefficient (Wildman–Crippen LogP) is 2.71. The van der Waals surface area contributed by atoms with Crippen molar-refractivity contribution < 1.29 is 4.79 Å². The summed E-state index contributed by atoms with van der Waals surface area (Å²) in [6.07, 6.45) is 3.70. The lowest BCUT2D eigenvalue weighted by molar-refractivity contribution is -0.118. The van der Waals surface area contributed by atoms with Crippen molar-refractivity contribution in [2.75, 3.05) is 5.32 Å². The Balaban J connectivity index is 2.07. The Morgan fingerprint density at radius 2 is 2.15 bits per heavy atom. The standard InChI is InChI=1S/C16H15N3O/c1-12-5-2-3-7-15(12)19-16(20)14(10-17)9-13-6-4-8-18-11-13/h2-8,11,14H,9H2,1H3,(H,19,20)/t14-/m0/s1. The Labute approximate surface area is 118 Å². The van der Waals surface area contributed by atoms with E-state index in [9.17, 15) is 10.1 Å². The van der Waals surface area contributed by atoms with Gasteiger partial charge >= 0.3 is 0 Å². The van der Waals surface area contributed by atoms with E-state index in [-0.39, 0.29) is 5.91 Å². The lowest BCUT2D eigenvalue weighted by Gasteiger charge is -2.11. The number of carbonyl (C=O) groups excluding carboxylic acids is 1. The average Bonchev–Trinajstić information content (AvgIpc) is 2.48. The molecule has 0 aliphatic rings. The molecule has 0 radical (unpaired) electrons. The quantitative estimate of drug-likeness (QED) is 0.924. The Bertz CT molecular complexity index is 632. The number of rotatable bonds is 4. The minimum absolute atomic E-state index is 0.286. The Kier molecular flexibility index (Phi) is 4.46. The van der Waals surface area contributed by atoms with Gasteiger partial charge in [-0.2, -0.15) is 5.26 Å². The molecule has 0 unspecified atom stereocenters. The number of aromatic nitrogens is 1. The van der Waals surface area contributed by atoms with E-state index in [0.717, 1.165) is 16.8 Å². The maximum Gasteiger partial charge on any atom is 0.242 e. The van der Waals surface area contributed by atoms with Gasteiger partial charge in [-0.3, -0.25) is 9.78 Å². The lowest BCUT2D eigenvalue weighted by atomic mass is 10.0. The van der Waals surface area contributed by atoms with Crippen molar-refractivity contribution in [2.24, 2.45) is 5.92 Å². The van der Waals surface area contributed by atoms with Crippen LogP contribution in [0.1, 0.15) is 11.1 Å². The average molecular weight is 265 g/mol. The zero-order valence-electron chi connectivity index (χ0n) is 11.2. The second kappa shape index (κ2) is 6.48. The molecule has 4 heteroatoms. The van der Waals surface area contributed by atoms with Crippen LogP contribution in [0.4, 0.5) is 5.69 Å². The van der Waals surface area contributed by atoms with Crippen LogP contribution >= 0.6 is 0 Å². The minimum Gasteiger partial charge on any atom is -0.325 e. The molecular formula is C16H15N3O. The molecule has 1 aromatic heterocycles. The number of aryl methyl sites for hydroxylation is 1. The number of carbonyl (C=O) groups is 1. The van der Waals surface area contributed by atoms with Gasteiger partial charge in [-0.25, -0.2) is 0 Å². The zero-order chi connectivity index (χ0) is 14.4. The first-order valence-corrected chi connectivity index (χ1v) is 6.35. The summed E-state index contributed by atoms with van der Waals surface area (Å²) in [7, 11) is 0. The maximum absolute atomic E-state index is 12.1. The fraction of sp³-hybridized carbons (Fsp3) is 0.188. The van der Waals surface area contributed by atoms with Crippen LogP contribution in [0, 0.1) is 24.2 Å². The van der Waals surface area contributed by atoms with E-state index in [1.165, 1.54) is 0 Å². The van der Waals surface area contributed by atoms with Crippen LogP contribution in [-0.2, 0) is 11.2 Å². The Morgan fingerprint density at radius 1 is 1.35 bits per heavy atom. The van der Waals surface area contributed by atoms with Crippen molar-refractivity contribution in [3.05, 3.63) is 59.9 Å². The number of benzene rings is 1. The summed E-state index contributed by atoms with van der Waals surface area (Å²) in [4.78, 5) is 16.1. The number of para-hydroxylation sites is 1. The first kappa shape index (κ1) is 13.8. The third kappa shape index (κ3) is 3.42. The van der Waals surface area contributed by atoms with Crippen LogP contribution in [-0.4, -0.2) is 10.9 Å². The number of nitriles is 1. The van der Waals surface area contributed by atoms with Crippen molar-refractivity contribution in [1.82, 2.24) is 4.98 Å². The van der Waals surface area contributed by atoms with Crippen molar-refractivity contribution in [1.29, 1.82) is 5.26 Å². The van der Waals surface area contributed by atoms with Crippen LogP contribution in [0.2, 0.25) is 0 Å². The first-order valence-electron chi connectivity index (χ1n) is 6.35. The van der Waals surface area contributed by atoms with Crippen LogP contribution in [0.25, 0.3) is 0 Å². The summed E-state index contributed by atoms with van der Waals surface area (Å²) in [5, 5.41) is 12.0. The smallest absolute Gasteiger partial charge is 0.242 e. The number of anilines is 1. The predicted molar refractivity (Wildman–Crippen MR) is 76.9 cm³/mol. The molecule has 1 heterocycles. The SMILES string of the molecule is Cc1ccccc1NC(=O)[C@H](C#N)Cc1cccnc1. The van der Waals surface area contributed by atoms with Gasteiger partial charge in [-0.1, -0.05) is 24.3 Å². The van der Waals surface area contributed by atoms with Gasteiger partial charge in [0.25, 0.3) is 0 Å². The second-order valence-electron chi connectivity index (χ2n) is 4.55. The first-order chi connectivity index (χ1) is 9.70.